The molecule has 1 aromatic carbocycles. The van der Waals surface area contributed by atoms with Crippen LogP contribution in [-0.4, -0.2) is 10.6 Å². The topological polar surface area (TPSA) is 17.0 Å². The molecule has 2 aromatic rings. The van der Waals surface area contributed by atoms with Crippen LogP contribution in [0.1, 0.15) is 46.1 Å². The molecule has 0 aliphatic rings. The van der Waals surface area contributed by atoms with Gasteiger partial charge in [0.1, 0.15) is 0 Å². The van der Waals surface area contributed by atoms with E-state index in [1.165, 1.54) is 29.3 Å². The van der Waals surface area contributed by atoms with Gasteiger partial charge in [-0.2, -0.15) is 0 Å². The predicted octanol–water partition coefficient (Wildman–Crippen LogP) is 4.58. The van der Waals surface area contributed by atoms with Crippen molar-refractivity contribution < 1.29 is 0 Å². The molecule has 1 N–H and O–H groups in total. The van der Waals surface area contributed by atoms with E-state index in [0.29, 0.717) is 6.04 Å². The van der Waals surface area contributed by atoms with E-state index < -0.39 is 0 Å². The second-order valence-corrected chi connectivity index (χ2v) is 6.29. The van der Waals surface area contributed by atoms with Gasteiger partial charge in [-0.15, -0.1) is 0 Å². The van der Waals surface area contributed by atoms with E-state index in [0.717, 1.165) is 19.0 Å². The first-order valence-corrected chi connectivity index (χ1v) is 7.91. The minimum absolute atomic E-state index is 0.530. The van der Waals surface area contributed by atoms with Gasteiger partial charge in [0.25, 0.3) is 0 Å². The van der Waals surface area contributed by atoms with E-state index >= 15 is 0 Å². The standard InChI is InChI=1S/C18H28N2/c1-5-6-15(4)13-20-10-9-17-8-7-16(11-18(17)20)12-19-14(2)3/h7-11,14-15,19H,5-6,12-13H2,1-4H3. The van der Waals surface area contributed by atoms with Crippen molar-refractivity contribution in [1.82, 2.24) is 9.88 Å². The average molecular weight is 272 g/mol. The molecule has 0 aliphatic heterocycles. The molecular formula is C18H28N2. The average Bonchev–Trinajstić information content (AvgIpc) is 2.79. The Kier molecular flexibility index (Phi) is 5.24. The second-order valence-electron chi connectivity index (χ2n) is 6.29. The molecule has 0 saturated heterocycles. The monoisotopic (exact) mass is 272 g/mol. The summed E-state index contributed by atoms with van der Waals surface area (Å²) in [5, 5.41) is 4.84. The lowest BCUT2D eigenvalue weighted by atomic mass is 10.1. The van der Waals surface area contributed by atoms with Crippen LogP contribution in [0.2, 0.25) is 0 Å². The predicted molar refractivity (Wildman–Crippen MR) is 88.0 cm³/mol. The normalized spacial score (nSPS) is 13.2. The van der Waals surface area contributed by atoms with Gasteiger partial charge in [-0.05, 0) is 35.4 Å². The third kappa shape index (κ3) is 3.86. The van der Waals surface area contributed by atoms with Crippen molar-refractivity contribution in [2.45, 2.75) is 59.7 Å². The van der Waals surface area contributed by atoms with Crippen molar-refractivity contribution in [1.29, 1.82) is 0 Å². The first-order chi connectivity index (χ1) is 9.60. The Morgan fingerprint density at radius 1 is 1.15 bits per heavy atom. The molecule has 0 fully saturated rings. The summed E-state index contributed by atoms with van der Waals surface area (Å²) in [6, 6.07) is 9.57. The molecule has 2 rings (SSSR count). The van der Waals surface area contributed by atoms with E-state index in [1.54, 1.807) is 0 Å². The summed E-state index contributed by atoms with van der Waals surface area (Å²) >= 11 is 0. The molecular weight excluding hydrogens is 244 g/mol. The van der Waals surface area contributed by atoms with E-state index in [9.17, 15) is 0 Å². The van der Waals surface area contributed by atoms with Gasteiger partial charge in [-0.25, -0.2) is 0 Å². The van der Waals surface area contributed by atoms with E-state index in [4.69, 9.17) is 0 Å². The summed E-state index contributed by atoms with van der Waals surface area (Å²) in [4.78, 5) is 0. The van der Waals surface area contributed by atoms with E-state index in [1.807, 2.05) is 0 Å². The number of hydrogen-bond donors (Lipinski definition) is 1. The van der Waals surface area contributed by atoms with Crippen LogP contribution in [0.4, 0.5) is 0 Å². The van der Waals surface area contributed by atoms with Gasteiger partial charge < -0.3 is 9.88 Å². The zero-order valence-electron chi connectivity index (χ0n) is 13.3. The second kappa shape index (κ2) is 6.94. The van der Waals surface area contributed by atoms with Gasteiger partial charge in [-0.1, -0.05) is 46.2 Å². The Labute approximate surface area is 123 Å². The lowest BCUT2D eigenvalue weighted by Gasteiger charge is -2.13. The highest BCUT2D eigenvalue weighted by molar-refractivity contribution is 5.80. The van der Waals surface area contributed by atoms with Crippen molar-refractivity contribution in [2.24, 2.45) is 5.92 Å². The van der Waals surface area contributed by atoms with Gasteiger partial charge >= 0.3 is 0 Å². The quantitative estimate of drug-likeness (QED) is 0.781. The molecule has 1 heterocycles. The number of nitrogens with one attached hydrogen (secondary N) is 1. The van der Waals surface area contributed by atoms with Crippen molar-refractivity contribution in [3.8, 4) is 0 Å². The van der Waals surface area contributed by atoms with Crippen molar-refractivity contribution >= 4 is 10.9 Å². The van der Waals surface area contributed by atoms with Gasteiger partial charge in [-0.3, -0.25) is 0 Å². The van der Waals surface area contributed by atoms with Crippen LogP contribution in [-0.2, 0) is 13.1 Å². The first-order valence-electron chi connectivity index (χ1n) is 7.91. The summed E-state index contributed by atoms with van der Waals surface area (Å²) in [5.74, 6) is 0.744. The highest BCUT2D eigenvalue weighted by Gasteiger charge is 2.06. The molecule has 0 saturated carbocycles. The Morgan fingerprint density at radius 2 is 1.95 bits per heavy atom. The molecule has 1 unspecified atom stereocenters. The lowest BCUT2D eigenvalue weighted by Crippen LogP contribution is -2.21. The highest BCUT2D eigenvalue weighted by Crippen LogP contribution is 2.20. The molecule has 0 radical (unpaired) electrons. The van der Waals surface area contributed by atoms with Crippen LogP contribution >= 0.6 is 0 Å². The zero-order chi connectivity index (χ0) is 14.5. The molecule has 0 amide bonds. The van der Waals surface area contributed by atoms with Crippen molar-refractivity contribution in [3.63, 3.8) is 0 Å². The molecule has 0 bridgehead atoms. The molecule has 20 heavy (non-hydrogen) atoms. The molecule has 0 aliphatic carbocycles. The van der Waals surface area contributed by atoms with Crippen LogP contribution < -0.4 is 5.32 Å². The van der Waals surface area contributed by atoms with E-state index in [-0.39, 0.29) is 0 Å². The third-order valence-corrected chi connectivity index (χ3v) is 3.84. The molecule has 1 aromatic heterocycles. The minimum Gasteiger partial charge on any atom is -0.347 e. The molecule has 0 spiro atoms. The van der Waals surface area contributed by atoms with Crippen LogP contribution in [0.5, 0.6) is 0 Å². The maximum atomic E-state index is 3.49. The Bertz CT molecular complexity index is 539. The molecule has 2 heteroatoms. The number of benzene rings is 1. The number of nitrogens with zero attached hydrogens (tertiary/aromatic N) is 1. The first kappa shape index (κ1) is 15.1. The maximum absolute atomic E-state index is 3.49. The largest absolute Gasteiger partial charge is 0.347 e. The van der Waals surface area contributed by atoms with Crippen LogP contribution in [0.25, 0.3) is 10.9 Å². The Balaban J connectivity index is 2.16. The van der Waals surface area contributed by atoms with Crippen LogP contribution in [0.15, 0.2) is 30.5 Å². The number of rotatable bonds is 7. The highest BCUT2D eigenvalue weighted by atomic mass is 15.0. The third-order valence-electron chi connectivity index (χ3n) is 3.84. The van der Waals surface area contributed by atoms with Gasteiger partial charge in [0, 0.05) is 30.8 Å². The molecule has 1 atom stereocenters. The molecule has 2 nitrogen and oxygen atoms in total. The van der Waals surface area contributed by atoms with Crippen molar-refractivity contribution in [3.05, 3.63) is 36.0 Å². The maximum Gasteiger partial charge on any atom is 0.0483 e. The number of hydrogen-bond acceptors (Lipinski definition) is 1. The van der Waals surface area contributed by atoms with Gasteiger partial charge in [0.15, 0.2) is 0 Å². The molecule has 110 valence electrons. The van der Waals surface area contributed by atoms with Crippen molar-refractivity contribution in [2.75, 3.05) is 0 Å². The fraction of sp³-hybridized carbons (Fsp3) is 0.556. The van der Waals surface area contributed by atoms with Gasteiger partial charge in [0.05, 0.1) is 0 Å². The van der Waals surface area contributed by atoms with E-state index in [2.05, 4.69) is 68.0 Å². The fourth-order valence-corrected chi connectivity index (χ4v) is 2.74. The van der Waals surface area contributed by atoms with Crippen LogP contribution in [0, 0.1) is 5.92 Å². The van der Waals surface area contributed by atoms with Crippen LogP contribution in [0.3, 0.4) is 0 Å². The summed E-state index contributed by atoms with van der Waals surface area (Å²) in [6.07, 6.45) is 4.80. The Morgan fingerprint density at radius 3 is 2.65 bits per heavy atom. The SMILES string of the molecule is CCCC(C)Cn1ccc2ccc(CNC(C)C)cc21. The summed E-state index contributed by atoms with van der Waals surface area (Å²) in [6.45, 7) is 11.1. The number of aromatic nitrogens is 1. The zero-order valence-corrected chi connectivity index (χ0v) is 13.3. The summed E-state index contributed by atoms with van der Waals surface area (Å²) in [5.41, 5.74) is 2.74. The van der Waals surface area contributed by atoms with Gasteiger partial charge in [0.2, 0.25) is 0 Å². The summed E-state index contributed by atoms with van der Waals surface area (Å²) < 4.78 is 2.41. The smallest absolute Gasteiger partial charge is 0.0483 e. The number of fused-ring (bicyclic) bond motifs is 1. The minimum atomic E-state index is 0.530. The lowest BCUT2D eigenvalue weighted by molar-refractivity contribution is 0.453. The summed E-state index contributed by atoms with van der Waals surface area (Å²) in [7, 11) is 0. The Hall–Kier alpha value is -1.28. The fourth-order valence-electron chi connectivity index (χ4n) is 2.74.